The molecule has 0 amide bonds. The molecule has 2 rings (SSSR count). The maximum atomic E-state index is 5.94. The van der Waals surface area contributed by atoms with Crippen LogP contribution < -0.4 is 4.74 Å². The Hall–Kier alpha value is -0.590. The summed E-state index contributed by atoms with van der Waals surface area (Å²) in [5, 5.41) is 1.01. The first-order valence-electron chi connectivity index (χ1n) is 4.25. The highest BCUT2D eigenvalue weighted by atomic mass is 127. The molecule has 0 aliphatic heterocycles. The molecule has 6 heteroatoms. The average Bonchev–Trinajstić information content (AvgIpc) is 2.27. The van der Waals surface area contributed by atoms with Crippen LogP contribution in [0.25, 0.3) is 0 Å². The van der Waals surface area contributed by atoms with Gasteiger partial charge in [0.15, 0.2) is 5.75 Å². The summed E-state index contributed by atoms with van der Waals surface area (Å²) in [6.45, 7) is 0. The molecule has 1 aromatic heterocycles. The van der Waals surface area contributed by atoms with Gasteiger partial charge in [0, 0.05) is 27.1 Å². The van der Waals surface area contributed by atoms with E-state index >= 15 is 0 Å². The van der Waals surface area contributed by atoms with E-state index < -0.39 is 0 Å². The van der Waals surface area contributed by atoms with Gasteiger partial charge in [-0.15, -0.1) is 0 Å². The number of aromatic nitrogens is 2. The Morgan fingerprint density at radius 2 is 1.81 bits per heavy atom. The third kappa shape index (κ3) is 2.96. The number of ether oxygens (including phenoxy) is 1. The molecule has 0 saturated carbocycles. The summed E-state index contributed by atoms with van der Waals surface area (Å²) >= 11 is 13.9. The number of rotatable bonds is 2. The van der Waals surface area contributed by atoms with Crippen LogP contribution in [0.15, 0.2) is 30.6 Å². The van der Waals surface area contributed by atoms with Crippen LogP contribution in [0.4, 0.5) is 0 Å². The highest BCUT2D eigenvalue weighted by Gasteiger charge is 2.05. The van der Waals surface area contributed by atoms with Crippen molar-refractivity contribution in [2.75, 3.05) is 0 Å². The zero-order valence-corrected chi connectivity index (χ0v) is 11.5. The molecule has 3 nitrogen and oxygen atoms in total. The lowest BCUT2D eigenvalue weighted by molar-refractivity contribution is 0.441. The zero-order valence-electron chi connectivity index (χ0n) is 7.82. The topological polar surface area (TPSA) is 35.0 Å². The molecule has 2 aromatic rings. The van der Waals surface area contributed by atoms with Crippen LogP contribution in [0.5, 0.6) is 11.8 Å². The third-order valence-electron chi connectivity index (χ3n) is 1.69. The zero-order chi connectivity index (χ0) is 11.5. The largest absolute Gasteiger partial charge is 0.423 e. The summed E-state index contributed by atoms with van der Waals surface area (Å²) in [4.78, 5) is 8.00. The van der Waals surface area contributed by atoms with Gasteiger partial charge in [0.05, 0.1) is 5.02 Å². The predicted molar refractivity (Wildman–Crippen MR) is 71.3 cm³/mol. The van der Waals surface area contributed by atoms with E-state index in [4.69, 9.17) is 27.9 Å². The van der Waals surface area contributed by atoms with E-state index in [2.05, 4.69) is 32.6 Å². The van der Waals surface area contributed by atoms with Crippen LogP contribution in [0.2, 0.25) is 10.0 Å². The van der Waals surface area contributed by atoms with Crippen LogP contribution in [0.1, 0.15) is 0 Å². The van der Waals surface area contributed by atoms with Crippen molar-refractivity contribution < 1.29 is 4.74 Å². The van der Waals surface area contributed by atoms with E-state index in [1.165, 1.54) is 0 Å². The Morgan fingerprint density at radius 1 is 1.12 bits per heavy atom. The quantitative estimate of drug-likeness (QED) is 0.748. The van der Waals surface area contributed by atoms with Crippen molar-refractivity contribution in [3.63, 3.8) is 0 Å². The van der Waals surface area contributed by atoms with Crippen molar-refractivity contribution in [2.45, 2.75) is 0 Å². The molecule has 16 heavy (non-hydrogen) atoms. The molecule has 82 valence electrons. The maximum absolute atomic E-state index is 5.94. The van der Waals surface area contributed by atoms with Gasteiger partial charge >= 0.3 is 6.01 Å². The van der Waals surface area contributed by atoms with Crippen molar-refractivity contribution in [3.05, 3.63) is 44.2 Å². The Kier molecular flexibility index (Phi) is 3.83. The highest BCUT2D eigenvalue weighted by molar-refractivity contribution is 14.1. The second-order valence-electron chi connectivity index (χ2n) is 2.86. The molecule has 0 saturated heterocycles. The van der Waals surface area contributed by atoms with E-state index in [1.54, 1.807) is 30.6 Å². The van der Waals surface area contributed by atoms with E-state index in [9.17, 15) is 0 Å². The fraction of sp³-hybridized carbons (Fsp3) is 0. The number of benzene rings is 1. The van der Waals surface area contributed by atoms with Gasteiger partial charge in [0.25, 0.3) is 0 Å². The minimum absolute atomic E-state index is 0.240. The molecule has 0 N–H and O–H groups in total. The van der Waals surface area contributed by atoms with E-state index in [1.807, 2.05) is 0 Å². The lowest BCUT2D eigenvalue weighted by atomic mass is 10.3. The molecule has 0 bridgehead atoms. The molecule has 0 atom stereocenters. The van der Waals surface area contributed by atoms with Crippen molar-refractivity contribution in [1.29, 1.82) is 0 Å². The second kappa shape index (κ2) is 5.16. The summed E-state index contributed by atoms with van der Waals surface area (Å²) < 4.78 is 6.34. The van der Waals surface area contributed by atoms with Gasteiger partial charge in [0.2, 0.25) is 0 Å². The van der Waals surface area contributed by atoms with Gasteiger partial charge in [-0.2, -0.15) is 0 Å². The molecule has 0 radical (unpaired) electrons. The monoisotopic (exact) mass is 366 g/mol. The summed E-state index contributed by atoms with van der Waals surface area (Å²) in [5.41, 5.74) is 0. The fourth-order valence-electron chi connectivity index (χ4n) is 1.01. The van der Waals surface area contributed by atoms with Crippen molar-refractivity contribution in [2.24, 2.45) is 0 Å². The summed E-state index contributed by atoms with van der Waals surface area (Å²) in [7, 11) is 0. The third-order valence-corrected chi connectivity index (χ3v) is 2.80. The number of hydrogen-bond donors (Lipinski definition) is 0. The van der Waals surface area contributed by atoms with Gasteiger partial charge in [0.1, 0.15) is 0 Å². The van der Waals surface area contributed by atoms with Crippen LogP contribution in [0, 0.1) is 3.57 Å². The van der Waals surface area contributed by atoms with Crippen LogP contribution in [0.3, 0.4) is 0 Å². The number of halogens is 3. The Labute approximate surface area is 116 Å². The highest BCUT2D eigenvalue weighted by Crippen LogP contribution is 2.30. The Bertz CT molecular complexity index is 505. The molecule has 0 aliphatic rings. The van der Waals surface area contributed by atoms with Gasteiger partial charge in [-0.05, 0) is 34.7 Å². The number of nitrogens with zero attached hydrogens (tertiary/aromatic N) is 2. The molecular formula is C10H5Cl2IN2O. The summed E-state index contributed by atoms with van der Waals surface area (Å²) in [6.07, 6.45) is 3.31. The maximum Gasteiger partial charge on any atom is 0.321 e. The van der Waals surface area contributed by atoms with Gasteiger partial charge in [-0.3, -0.25) is 0 Å². The van der Waals surface area contributed by atoms with Crippen LogP contribution in [-0.4, -0.2) is 9.97 Å². The molecule has 0 unspecified atom stereocenters. The van der Waals surface area contributed by atoms with Crippen molar-refractivity contribution in [3.8, 4) is 11.8 Å². The van der Waals surface area contributed by atoms with Gasteiger partial charge in [-0.25, -0.2) is 9.97 Å². The Morgan fingerprint density at radius 3 is 2.50 bits per heavy atom. The molecule has 1 heterocycles. The van der Waals surface area contributed by atoms with Crippen LogP contribution >= 0.6 is 45.8 Å². The van der Waals surface area contributed by atoms with Gasteiger partial charge < -0.3 is 4.74 Å². The molecule has 0 aliphatic carbocycles. The minimum atomic E-state index is 0.240. The van der Waals surface area contributed by atoms with Crippen molar-refractivity contribution in [1.82, 2.24) is 9.97 Å². The number of hydrogen-bond acceptors (Lipinski definition) is 3. The van der Waals surface area contributed by atoms with Crippen LogP contribution in [-0.2, 0) is 0 Å². The summed E-state index contributed by atoms with van der Waals surface area (Å²) in [6, 6.07) is 5.20. The van der Waals surface area contributed by atoms with Gasteiger partial charge in [-0.1, -0.05) is 23.2 Å². The molecule has 0 spiro atoms. The average molecular weight is 367 g/mol. The lowest BCUT2D eigenvalue weighted by Gasteiger charge is -2.05. The first kappa shape index (κ1) is 11.9. The first-order valence-corrected chi connectivity index (χ1v) is 6.09. The normalized spacial score (nSPS) is 10.2. The SMILES string of the molecule is Clc1ccc(Cl)c(Oc2ncc(I)cn2)c1. The standard InChI is InChI=1S/C10H5Cl2IN2O/c11-6-1-2-8(12)9(3-6)16-10-14-4-7(13)5-15-10/h1-5H. The summed E-state index contributed by atoms with van der Waals surface area (Å²) in [5.74, 6) is 0.440. The Balaban J connectivity index is 2.26. The smallest absolute Gasteiger partial charge is 0.321 e. The molecule has 0 fully saturated rings. The van der Waals surface area contributed by atoms with E-state index in [0.717, 1.165) is 3.57 Å². The molecule has 1 aromatic carbocycles. The van der Waals surface area contributed by atoms with E-state index in [-0.39, 0.29) is 6.01 Å². The first-order chi connectivity index (χ1) is 7.65. The van der Waals surface area contributed by atoms with E-state index in [0.29, 0.717) is 15.8 Å². The predicted octanol–water partition coefficient (Wildman–Crippen LogP) is 4.18. The molecular weight excluding hydrogens is 362 g/mol. The fourth-order valence-corrected chi connectivity index (χ4v) is 1.60. The second-order valence-corrected chi connectivity index (χ2v) is 4.95. The minimum Gasteiger partial charge on any atom is -0.423 e. The van der Waals surface area contributed by atoms with Crippen molar-refractivity contribution >= 4 is 45.8 Å². The lowest BCUT2D eigenvalue weighted by Crippen LogP contribution is -1.92.